The van der Waals surface area contributed by atoms with Crippen LogP contribution < -0.4 is 5.32 Å². The number of hydrogen-bond acceptors (Lipinski definition) is 4. The second-order valence-corrected chi connectivity index (χ2v) is 4.71. The van der Waals surface area contributed by atoms with Crippen molar-refractivity contribution in [3.05, 3.63) is 34.1 Å². The first-order chi connectivity index (χ1) is 8.06. The van der Waals surface area contributed by atoms with Gasteiger partial charge in [0.05, 0.1) is 29.8 Å². The zero-order valence-electron chi connectivity index (χ0n) is 9.16. The lowest BCUT2D eigenvalue weighted by atomic mass is 10.0. The first-order valence-electron chi connectivity index (χ1n) is 5.08. The summed E-state index contributed by atoms with van der Waals surface area (Å²) in [5, 5.41) is 30.1. The molecule has 6 heteroatoms. The third-order valence-electron chi connectivity index (χ3n) is 2.56. The molecule has 17 heavy (non-hydrogen) atoms. The summed E-state index contributed by atoms with van der Waals surface area (Å²) >= 11 is 3.05. The van der Waals surface area contributed by atoms with Gasteiger partial charge in [0.2, 0.25) is 0 Å². The topological polar surface area (TPSA) is 72.7 Å². The Balaban J connectivity index is 2.68. The minimum Gasteiger partial charge on any atom is -0.394 e. The van der Waals surface area contributed by atoms with E-state index >= 15 is 0 Å². The smallest absolute Gasteiger partial charge is 0.137 e. The van der Waals surface area contributed by atoms with E-state index in [0.29, 0.717) is 10.0 Å². The van der Waals surface area contributed by atoms with Crippen molar-refractivity contribution in [2.75, 3.05) is 19.8 Å². The zero-order chi connectivity index (χ0) is 12.9. The van der Waals surface area contributed by atoms with E-state index in [2.05, 4.69) is 21.2 Å². The molecule has 4 nitrogen and oxygen atoms in total. The van der Waals surface area contributed by atoms with E-state index in [-0.39, 0.29) is 12.4 Å². The van der Waals surface area contributed by atoms with Gasteiger partial charge in [0.25, 0.3) is 0 Å². The van der Waals surface area contributed by atoms with Crippen LogP contribution in [0.15, 0.2) is 22.7 Å². The number of aliphatic hydroxyl groups is 3. The fraction of sp³-hybridized carbons (Fsp3) is 0.455. The van der Waals surface area contributed by atoms with Gasteiger partial charge in [0.1, 0.15) is 5.82 Å². The van der Waals surface area contributed by atoms with Gasteiger partial charge in [-0.1, -0.05) is 6.07 Å². The SMILES string of the molecule is OCC(CO)(CO)NCc1ccc(Br)c(F)c1. The molecule has 0 saturated heterocycles. The van der Waals surface area contributed by atoms with Crippen molar-refractivity contribution in [1.82, 2.24) is 5.32 Å². The molecular weight excluding hydrogens is 293 g/mol. The number of halogens is 2. The fourth-order valence-electron chi connectivity index (χ4n) is 1.26. The summed E-state index contributed by atoms with van der Waals surface area (Å²) in [6.07, 6.45) is 0. The predicted molar refractivity (Wildman–Crippen MR) is 64.9 cm³/mol. The van der Waals surface area contributed by atoms with Crippen LogP contribution in [0.1, 0.15) is 5.56 Å². The van der Waals surface area contributed by atoms with Crippen LogP contribution >= 0.6 is 15.9 Å². The van der Waals surface area contributed by atoms with Crippen molar-refractivity contribution in [1.29, 1.82) is 0 Å². The summed E-state index contributed by atoms with van der Waals surface area (Å²) < 4.78 is 13.6. The molecule has 0 bridgehead atoms. The largest absolute Gasteiger partial charge is 0.394 e. The number of nitrogens with one attached hydrogen (secondary N) is 1. The van der Waals surface area contributed by atoms with Crippen molar-refractivity contribution < 1.29 is 19.7 Å². The molecule has 0 amide bonds. The Kier molecular flexibility index (Phi) is 5.48. The van der Waals surface area contributed by atoms with Gasteiger partial charge in [-0.2, -0.15) is 0 Å². The molecule has 1 aromatic rings. The average Bonchev–Trinajstić information content (AvgIpc) is 2.36. The van der Waals surface area contributed by atoms with Crippen LogP contribution in [-0.2, 0) is 6.54 Å². The van der Waals surface area contributed by atoms with Gasteiger partial charge in [-0.25, -0.2) is 4.39 Å². The third-order valence-corrected chi connectivity index (χ3v) is 3.20. The molecule has 0 unspecified atom stereocenters. The lowest BCUT2D eigenvalue weighted by Crippen LogP contribution is -2.54. The van der Waals surface area contributed by atoms with Crippen LogP contribution in [-0.4, -0.2) is 40.7 Å². The molecule has 96 valence electrons. The minimum absolute atomic E-state index is 0.242. The molecule has 0 aromatic heterocycles. The van der Waals surface area contributed by atoms with Crippen molar-refractivity contribution in [3.63, 3.8) is 0 Å². The van der Waals surface area contributed by atoms with E-state index in [0.717, 1.165) is 0 Å². The van der Waals surface area contributed by atoms with Gasteiger partial charge in [0, 0.05) is 6.54 Å². The van der Waals surface area contributed by atoms with Gasteiger partial charge >= 0.3 is 0 Å². The number of benzene rings is 1. The third kappa shape index (κ3) is 3.72. The van der Waals surface area contributed by atoms with Crippen LogP contribution in [0.3, 0.4) is 0 Å². The molecule has 0 aliphatic carbocycles. The second kappa shape index (κ2) is 6.42. The van der Waals surface area contributed by atoms with Crippen LogP contribution in [0, 0.1) is 5.82 Å². The van der Waals surface area contributed by atoms with Gasteiger partial charge < -0.3 is 20.6 Å². The monoisotopic (exact) mass is 307 g/mol. The van der Waals surface area contributed by atoms with Gasteiger partial charge in [-0.15, -0.1) is 0 Å². The molecule has 4 N–H and O–H groups in total. The lowest BCUT2D eigenvalue weighted by molar-refractivity contribution is 0.0413. The normalized spacial score (nSPS) is 11.8. The summed E-state index contributed by atoms with van der Waals surface area (Å²) in [5.74, 6) is -0.383. The first-order valence-corrected chi connectivity index (χ1v) is 5.88. The van der Waals surface area contributed by atoms with Crippen molar-refractivity contribution >= 4 is 15.9 Å². The van der Waals surface area contributed by atoms with E-state index < -0.39 is 25.4 Å². The van der Waals surface area contributed by atoms with Gasteiger partial charge in [-0.05, 0) is 33.6 Å². The molecular formula is C11H15BrFNO3. The predicted octanol–water partition coefficient (Wildman–Crippen LogP) is 0.394. The summed E-state index contributed by atoms with van der Waals surface area (Å²) in [7, 11) is 0. The van der Waals surface area contributed by atoms with Crippen LogP contribution in [0.25, 0.3) is 0 Å². The summed E-state index contributed by atoms with van der Waals surface area (Å²) in [6.45, 7) is -0.969. The Morgan fingerprint density at radius 2 is 1.76 bits per heavy atom. The molecule has 0 aliphatic heterocycles. The summed E-state index contributed by atoms with van der Waals surface area (Å²) in [5.41, 5.74) is -0.491. The Hall–Kier alpha value is -0.530. The van der Waals surface area contributed by atoms with Crippen molar-refractivity contribution in [3.8, 4) is 0 Å². The maximum Gasteiger partial charge on any atom is 0.137 e. The maximum atomic E-state index is 13.2. The van der Waals surface area contributed by atoms with Crippen LogP contribution in [0.5, 0.6) is 0 Å². The molecule has 0 spiro atoms. The Bertz CT molecular complexity index is 363. The van der Waals surface area contributed by atoms with Crippen LogP contribution in [0.4, 0.5) is 4.39 Å². The standard InChI is InChI=1S/C11H15BrFNO3/c12-9-2-1-8(3-10(9)13)4-14-11(5-15,6-16)7-17/h1-3,14-17H,4-7H2. The highest BCUT2D eigenvalue weighted by Crippen LogP contribution is 2.16. The van der Waals surface area contributed by atoms with Crippen molar-refractivity contribution in [2.24, 2.45) is 0 Å². The minimum atomic E-state index is -1.15. The quantitative estimate of drug-likeness (QED) is 0.614. The molecule has 1 rings (SSSR count). The second-order valence-electron chi connectivity index (χ2n) is 3.86. The molecule has 0 radical (unpaired) electrons. The number of hydrogen-bond donors (Lipinski definition) is 4. The zero-order valence-corrected chi connectivity index (χ0v) is 10.7. The van der Waals surface area contributed by atoms with E-state index in [1.54, 1.807) is 12.1 Å². The summed E-state index contributed by atoms with van der Waals surface area (Å²) in [6, 6.07) is 4.62. The van der Waals surface area contributed by atoms with E-state index in [1.807, 2.05) is 0 Å². The highest BCUT2D eigenvalue weighted by molar-refractivity contribution is 9.10. The average molecular weight is 308 g/mol. The molecule has 0 atom stereocenters. The Labute approximate surface area is 107 Å². The number of aliphatic hydroxyl groups excluding tert-OH is 3. The molecule has 0 aliphatic rings. The highest BCUT2D eigenvalue weighted by Gasteiger charge is 2.27. The Morgan fingerprint density at radius 3 is 2.24 bits per heavy atom. The van der Waals surface area contributed by atoms with Gasteiger partial charge in [-0.3, -0.25) is 0 Å². The fourth-order valence-corrected chi connectivity index (χ4v) is 1.50. The highest BCUT2D eigenvalue weighted by atomic mass is 79.9. The molecule has 0 fully saturated rings. The first kappa shape index (κ1) is 14.5. The molecule has 1 aromatic carbocycles. The van der Waals surface area contributed by atoms with Crippen molar-refractivity contribution in [2.45, 2.75) is 12.1 Å². The van der Waals surface area contributed by atoms with Gasteiger partial charge in [0.15, 0.2) is 0 Å². The molecule has 0 heterocycles. The van der Waals surface area contributed by atoms with E-state index in [4.69, 9.17) is 15.3 Å². The Morgan fingerprint density at radius 1 is 1.18 bits per heavy atom. The summed E-state index contributed by atoms with van der Waals surface area (Å²) in [4.78, 5) is 0. The van der Waals surface area contributed by atoms with E-state index in [1.165, 1.54) is 6.07 Å². The van der Waals surface area contributed by atoms with Crippen LogP contribution in [0.2, 0.25) is 0 Å². The molecule has 0 saturated carbocycles. The number of rotatable bonds is 6. The lowest BCUT2D eigenvalue weighted by Gasteiger charge is -2.28. The maximum absolute atomic E-state index is 13.2. The van der Waals surface area contributed by atoms with E-state index in [9.17, 15) is 4.39 Å².